The second-order valence-corrected chi connectivity index (χ2v) is 5.58. The first-order valence-corrected chi connectivity index (χ1v) is 7.21. The fourth-order valence-corrected chi connectivity index (χ4v) is 2.19. The Kier molecular flexibility index (Phi) is 3.26. The molecule has 0 radical (unpaired) electrons. The molecule has 3 atom stereocenters. The predicted molar refractivity (Wildman–Crippen MR) is 73.4 cm³/mol. The molecule has 3 fully saturated rings. The minimum Gasteiger partial charge on any atom is -0.491 e. The van der Waals surface area contributed by atoms with E-state index in [0.29, 0.717) is 18.8 Å². The summed E-state index contributed by atoms with van der Waals surface area (Å²) in [6, 6.07) is 6.26. The van der Waals surface area contributed by atoms with E-state index in [1.807, 2.05) is 6.07 Å². The molecule has 3 aliphatic heterocycles. The topological polar surface area (TPSA) is 58.9 Å². The van der Waals surface area contributed by atoms with E-state index >= 15 is 0 Å². The number of epoxide rings is 3. The summed E-state index contributed by atoms with van der Waals surface area (Å²) >= 11 is 0. The van der Waals surface area contributed by atoms with Gasteiger partial charge in [-0.05, 0) is 23.8 Å². The van der Waals surface area contributed by atoms with Crippen LogP contribution in [0, 0.1) is 0 Å². The second-order valence-electron chi connectivity index (χ2n) is 5.58. The maximum atomic E-state index is 5.85. The molecule has 0 aliphatic carbocycles. The van der Waals surface area contributed by atoms with E-state index in [0.717, 1.165) is 44.2 Å². The molecule has 0 aromatic heterocycles. The number of rotatable bonds is 8. The van der Waals surface area contributed by atoms with Crippen LogP contribution in [0.4, 0.5) is 5.69 Å². The summed E-state index contributed by atoms with van der Waals surface area (Å²) in [4.78, 5) is 0. The van der Waals surface area contributed by atoms with Gasteiger partial charge in [0.05, 0.1) is 32.0 Å². The van der Waals surface area contributed by atoms with Crippen LogP contribution in [-0.4, -0.2) is 51.3 Å². The fraction of sp³-hybridized carbons (Fsp3) is 0.600. The largest absolute Gasteiger partial charge is 0.491 e. The predicted octanol–water partition coefficient (Wildman–Crippen LogP) is 1.22. The van der Waals surface area contributed by atoms with E-state index in [2.05, 4.69) is 17.4 Å². The lowest BCUT2D eigenvalue weighted by Gasteiger charge is -2.13. The smallest absolute Gasteiger partial charge is 0.122 e. The number of nitrogens with one attached hydrogen (secondary N) is 1. The van der Waals surface area contributed by atoms with Crippen LogP contribution in [0.3, 0.4) is 0 Å². The molecule has 1 aromatic carbocycles. The van der Waals surface area contributed by atoms with E-state index in [9.17, 15) is 0 Å². The molecule has 0 saturated carbocycles. The van der Waals surface area contributed by atoms with Crippen molar-refractivity contribution in [3.63, 3.8) is 0 Å². The second kappa shape index (κ2) is 5.24. The molecule has 0 bridgehead atoms. The summed E-state index contributed by atoms with van der Waals surface area (Å²) in [5.74, 6) is 0.948. The minimum atomic E-state index is 0.282. The van der Waals surface area contributed by atoms with Gasteiger partial charge in [0.15, 0.2) is 0 Å². The Balaban J connectivity index is 1.43. The van der Waals surface area contributed by atoms with Gasteiger partial charge >= 0.3 is 0 Å². The van der Waals surface area contributed by atoms with Gasteiger partial charge in [-0.3, -0.25) is 0 Å². The van der Waals surface area contributed by atoms with E-state index in [4.69, 9.17) is 18.9 Å². The molecule has 5 heteroatoms. The number of benzene rings is 1. The van der Waals surface area contributed by atoms with Crippen molar-refractivity contribution >= 4 is 5.69 Å². The molecular formula is C15H19NO4. The quantitative estimate of drug-likeness (QED) is 0.724. The van der Waals surface area contributed by atoms with Gasteiger partial charge in [-0.1, -0.05) is 0 Å². The maximum Gasteiger partial charge on any atom is 0.122 e. The average molecular weight is 277 g/mol. The monoisotopic (exact) mass is 277 g/mol. The lowest BCUT2D eigenvalue weighted by atomic mass is 10.1. The molecular weight excluding hydrogens is 258 g/mol. The Bertz CT molecular complexity index is 481. The first-order chi connectivity index (χ1) is 9.87. The highest BCUT2D eigenvalue weighted by Crippen LogP contribution is 2.28. The van der Waals surface area contributed by atoms with Crippen LogP contribution in [0.15, 0.2) is 18.2 Å². The standard InChI is InChI=1S/C15H19NO4/c1-2-15(20-9-14-8-19-14)10(4-12-6-17-12)3-11(1)16-5-13-7-18-13/h1-3,12-14,16H,4-9H2. The lowest BCUT2D eigenvalue weighted by Crippen LogP contribution is -2.10. The SMILES string of the molecule is c1cc(OCC2CO2)c(CC2CO2)cc1NCC1CO1. The Morgan fingerprint density at radius 2 is 1.80 bits per heavy atom. The summed E-state index contributed by atoms with van der Waals surface area (Å²) in [5, 5.41) is 3.40. The van der Waals surface area contributed by atoms with Gasteiger partial charge in [0, 0.05) is 18.7 Å². The van der Waals surface area contributed by atoms with Gasteiger partial charge in [0.25, 0.3) is 0 Å². The number of ether oxygens (including phenoxy) is 4. The molecule has 108 valence electrons. The lowest BCUT2D eigenvalue weighted by molar-refractivity contribution is 0.260. The van der Waals surface area contributed by atoms with Crippen molar-refractivity contribution in [3.8, 4) is 5.75 Å². The van der Waals surface area contributed by atoms with Crippen LogP contribution in [0.1, 0.15) is 5.56 Å². The summed E-state index contributed by atoms with van der Waals surface area (Å²) in [5.41, 5.74) is 2.32. The average Bonchev–Trinajstić information content (AvgIpc) is 3.30. The summed E-state index contributed by atoms with van der Waals surface area (Å²) in [7, 11) is 0. The summed E-state index contributed by atoms with van der Waals surface area (Å²) in [6.45, 7) is 4.07. The Hall–Kier alpha value is -1.30. The van der Waals surface area contributed by atoms with Gasteiger partial charge in [-0.25, -0.2) is 0 Å². The zero-order valence-corrected chi connectivity index (χ0v) is 11.3. The van der Waals surface area contributed by atoms with Crippen LogP contribution in [0.25, 0.3) is 0 Å². The Morgan fingerprint density at radius 3 is 2.50 bits per heavy atom. The molecule has 1 N–H and O–H groups in total. The van der Waals surface area contributed by atoms with Crippen molar-refractivity contribution in [2.24, 2.45) is 0 Å². The fourth-order valence-electron chi connectivity index (χ4n) is 2.19. The van der Waals surface area contributed by atoms with Crippen LogP contribution in [0.5, 0.6) is 5.75 Å². The highest BCUT2D eigenvalue weighted by molar-refractivity contribution is 5.51. The molecule has 3 aliphatic rings. The molecule has 5 nitrogen and oxygen atoms in total. The van der Waals surface area contributed by atoms with E-state index in [-0.39, 0.29) is 6.10 Å². The molecule has 1 aromatic rings. The molecule has 0 amide bonds. The van der Waals surface area contributed by atoms with Gasteiger partial charge < -0.3 is 24.3 Å². The molecule has 3 heterocycles. The van der Waals surface area contributed by atoms with Crippen molar-refractivity contribution < 1.29 is 18.9 Å². The van der Waals surface area contributed by atoms with Crippen molar-refractivity contribution in [1.29, 1.82) is 0 Å². The third-order valence-electron chi connectivity index (χ3n) is 3.67. The van der Waals surface area contributed by atoms with Gasteiger partial charge in [-0.15, -0.1) is 0 Å². The van der Waals surface area contributed by atoms with E-state index in [1.165, 1.54) is 5.56 Å². The van der Waals surface area contributed by atoms with Crippen molar-refractivity contribution in [2.45, 2.75) is 24.7 Å². The zero-order valence-electron chi connectivity index (χ0n) is 11.3. The molecule has 0 spiro atoms. The number of anilines is 1. The first kappa shape index (κ1) is 12.4. The molecule has 20 heavy (non-hydrogen) atoms. The molecule has 3 unspecified atom stereocenters. The van der Waals surface area contributed by atoms with Crippen LogP contribution >= 0.6 is 0 Å². The Morgan fingerprint density at radius 1 is 1.05 bits per heavy atom. The normalized spacial score (nSPS) is 29.9. The summed E-state index contributed by atoms with van der Waals surface area (Å²) < 4.78 is 21.6. The summed E-state index contributed by atoms with van der Waals surface area (Å²) in [6.07, 6.45) is 1.94. The van der Waals surface area contributed by atoms with Crippen LogP contribution in [0.2, 0.25) is 0 Å². The third-order valence-corrected chi connectivity index (χ3v) is 3.67. The minimum absolute atomic E-state index is 0.282. The van der Waals surface area contributed by atoms with Crippen molar-refractivity contribution in [2.75, 3.05) is 38.3 Å². The molecule has 4 rings (SSSR count). The first-order valence-electron chi connectivity index (χ1n) is 7.21. The number of hydrogen-bond donors (Lipinski definition) is 1. The number of hydrogen-bond acceptors (Lipinski definition) is 5. The third kappa shape index (κ3) is 3.42. The maximum absolute atomic E-state index is 5.85. The Labute approximate surface area is 118 Å². The van der Waals surface area contributed by atoms with Crippen LogP contribution in [-0.2, 0) is 20.6 Å². The van der Waals surface area contributed by atoms with Gasteiger partial charge in [0.1, 0.15) is 18.5 Å². The van der Waals surface area contributed by atoms with Gasteiger partial charge in [-0.2, -0.15) is 0 Å². The van der Waals surface area contributed by atoms with Gasteiger partial charge in [0.2, 0.25) is 0 Å². The highest BCUT2D eigenvalue weighted by atomic mass is 16.6. The van der Waals surface area contributed by atoms with E-state index < -0.39 is 0 Å². The molecule has 3 saturated heterocycles. The van der Waals surface area contributed by atoms with Crippen LogP contribution < -0.4 is 10.1 Å². The zero-order chi connectivity index (χ0) is 13.4. The van der Waals surface area contributed by atoms with E-state index in [1.54, 1.807) is 0 Å². The van der Waals surface area contributed by atoms with Crippen molar-refractivity contribution in [1.82, 2.24) is 0 Å². The van der Waals surface area contributed by atoms with Crippen molar-refractivity contribution in [3.05, 3.63) is 23.8 Å². The highest BCUT2D eigenvalue weighted by Gasteiger charge is 2.27.